The second-order valence-electron chi connectivity index (χ2n) is 4.55. The van der Waals surface area contributed by atoms with Crippen molar-refractivity contribution in [2.45, 2.75) is 46.1 Å². The number of nitrogens with zero attached hydrogens (tertiary/aromatic N) is 2. The van der Waals surface area contributed by atoms with Gasteiger partial charge >= 0.3 is 0 Å². The van der Waals surface area contributed by atoms with Crippen LogP contribution in [0, 0.1) is 26.2 Å². The molecule has 3 nitrogen and oxygen atoms in total. The van der Waals surface area contributed by atoms with Gasteiger partial charge in [-0.25, -0.2) is 0 Å². The van der Waals surface area contributed by atoms with Crippen molar-refractivity contribution in [1.82, 2.24) is 15.1 Å². The summed E-state index contributed by atoms with van der Waals surface area (Å²) in [5, 5.41) is 7.97. The monoisotopic (exact) mass is 233 g/mol. The van der Waals surface area contributed by atoms with Gasteiger partial charge in [0, 0.05) is 30.8 Å². The molecule has 17 heavy (non-hydrogen) atoms. The number of unbranched alkanes of at least 4 members (excludes halogenated alkanes) is 2. The third-order valence-electron chi connectivity index (χ3n) is 3.20. The van der Waals surface area contributed by atoms with Gasteiger partial charge in [0.25, 0.3) is 0 Å². The zero-order chi connectivity index (χ0) is 12.8. The Bertz CT molecular complexity index is 398. The van der Waals surface area contributed by atoms with Crippen LogP contribution in [0.1, 0.15) is 49.2 Å². The molecule has 0 aromatic carbocycles. The Balaban J connectivity index is 2.47. The second kappa shape index (κ2) is 6.46. The van der Waals surface area contributed by atoms with E-state index in [1.807, 2.05) is 11.7 Å². The predicted molar refractivity (Wildman–Crippen MR) is 71.8 cm³/mol. The van der Waals surface area contributed by atoms with Crippen LogP contribution < -0.4 is 5.32 Å². The number of aryl methyl sites for hydroxylation is 2. The third-order valence-corrected chi connectivity index (χ3v) is 3.20. The Hall–Kier alpha value is -1.27. The normalized spacial score (nSPS) is 12.4. The van der Waals surface area contributed by atoms with Crippen LogP contribution in [0.2, 0.25) is 0 Å². The molecule has 0 spiro atoms. The molecular weight excluding hydrogens is 210 g/mol. The number of aromatic nitrogens is 2. The lowest BCUT2D eigenvalue weighted by Gasteiger charge is -2.14. The van der Waals surface area contributed by atoms with E-state index in [0.29, 0.717) is 6.04 Å². The Morgan fingerprint density at radius 2 is 2.12 bits per heavy atom. The van der Waals surface area contributed by atoms with E-state index in [1.54, 1.807) is 0 Å². The van der Waals surface area contributed by atoms with Gasteiger partial charge in [0.15, 0.2) is 0 Å². The van der Waals surface area contributed by atoms with Crippen molar-refractivity contribution in [3.63, 3.8) is 0 Å². The van der Waals surface area contributed by atoms with Crippen LogP contribution in [-0.4, -0.2) is 16.3 Å². The first-order chi connectivity index (χ1) is 8.07. The molecule has 1 aromatic heterocycles. The Morgan fingerprint density at radius 1 is 1.41 bits per heavy atom. The lowest BCUT2D eigenvalue weighted by Crippen LogP contribution is -2.21. The molecule has 0 saturated carbocycles. The minimum Gasteiger partial charge on any atom is -0.310 e. The van der Waals surface area contributed by atoms with E-state index in [1.165, 1.54) is 11.3 Å². The van der Waals surface area contributed by atoms with Gasteiger partial charge in [0.1, 0.15) is 0 Å². The van der Waals surface area contributed by atoms with Gasteiger partial charge in [-0.3, -0.25) is 4.68 Å². The van der Waals surface area contributed by atoms with Crippen LogP contribution in [0.25, 0.3) is 0 Å². The first-order valence-electron chi connectivity index (χ1n) is 6.24. The largest absolute Gasteiger partial charge is 0.310 e. The van der Waals surface area contributed by atoms with Gasteiger partial charge in [-0.1, -0.05) is 0 Å². The quantitative estimate of drug-likeness (QED) is 0.604. The lowest BCUT2D eigenvalue weighted by molar-refractivity contribution is 0.545. The molecule has 1 atom stereocenters. The first kappa shape index (κ1) is 13.8. The molecule has 0 amide bonds. The smallest absolute Gasteiger partial charge is 0.0644 e. The number of nitrogens with one attached hydrogen (secondary N) is 1. The van der Waals surface area contributed by atoms with Gasteiger partial charge in [-0.05, 0) is 40.2 Å². The molecule has 3 heteroatoms. The first-order valence-corrected chi connectivity index (χ1v) is 6.24. The van der Waals surface area contributed by atoms with Gasteiger partial charge in [0.2, 0.25) is 0 Å². The summed E-state index contributed by atoms with van der Waals surface area (Å²) in [7, 11) is 1.99. The van der Waals surface area contributed by atoms with Gasteiger partial charge in [-0.2, -0.15) is 5.10 Å². The molecule has 0 aliphatic rings. The Morgan fingerprint density at radius 3 is 2.65 bits per heavy atom. The highest BCUT2D eigenvalue weighted by Crippen LogP contribution is 2.20. The fraction of sp³-hybridized carbons (Fsp3) is 0.643. The van der Waals surface area contributed by atoms with Crippen LogP contribution in [-0.2, 0) is 7.05 Å². The number of hydrogen-bond acceptors (Lipinski definition) is 2. The third kappa shape index (κ3) is 3.61. The van der Waals surface area contributed by atoms with Crippen molar-refractivity contribution in [2.24, 2.45) is 7.05 Å². The van der Waals surface area contributed by atoms with Crippen LogP contribution >= 0.6 is 0 Å². The molecule has 0 saturated heterocycles. The molecule has 1 unspecified atom stereocenters. The highest BCUT2D eigenvalue weighted by atomic mass is 15.3. The van der Waals surface area contributed by atoms with Crippen LogP contribution in [0.4, 0.5) is 0 Å². The van der Waals surface area contributed by atoms with E-state index in [2.05, 4.69) is 37.1 Å². The van der Waals surface area contributed by atoms with E-state index in [9.17, 15) is 0 Å². The van der Waals surface area contributed by atoms with Crippen molar-refractivity contribution in [3.05, 3.63) is 17.0 Å². The molecule has 94 valence electrons. The highest BCUT2D eigenvalue weighted by molar-refractivity contribution is 5.27. The summed E-state index contributed by atoms with van der Waals surface area (Å²) in [4.78, 5) is 0. The Labute approximate surface area is 105 Å². The maximum atomic E-state index is 5.22. The fourth-order valence-electron chi connectivity index (χ4n) is 2.19. The average molecular weight is 233 g/mol. The summed E-state index contributed by atoms with van der Waals surface area (Å²) < 4.78 is 1.95. The molecular formula is C14H23N3. The van der Waals surface area contributed by atoms with Gasteiger partial charge < -0.3 is 5.32 Å². The van der Waals surface area contributed by atoms with E-state index in [-0.39, 0.29) is 0 Å². The number of terminal acetylenes is 1. The summed E-state index contributed by atoms with van der Waals surface area (Å²) in [5.74, 6) is 2.67. The minimum atomic E-state index is 0.356. The van der Waals surface area contributed by atoms with E-state index < -0.39 is 0 Å². The molecule has 1 heterocycles. The second-order valence-corrected chi connectivity index (χ2v) is 4.55. The van der Waals surface area contributed by atoms with Gasteiger partial charge in [-0.15, -0.1) is 12.3 Å². The zero-order valence-electron chi connectivity index (χ0n) is 11.4. The van der Waals surface area contributed by atoms with Crippen molar-refractivity contribution in [1.29, 1.82) is 0 Å². The van der Waals surface area contributed by atoms with E-state index in [0.717, 1.165) is 31.5 Å². The predicted octanol–water partition coefficient (Wildman–Crippen LogP) is 2.49. The summed E-state index contributed by atoms with van der Waals surface area (Å²) in [6.45, 7) is 7.39. The summed E-state index contributed by atoms with van der Waals surface area (Å²) in [5.41, 5.74) is 3.68. The molecule has 0 aliphatic carbocycles. The summed E-state index contributed by atoms with van der Waals surface area (Å²) in [6, 6.07) is 0.356. The molecule has 1 N–H and O–H groups in total. The molecule has 1 aromatic rings. The van der Waals surface area contributed by atoms with E-state index >= 15 is 0 Å². The van der Waals surface area contributed by atoms with Crippen molar-refractivity contribution in [2.75, 3.05) is 6.54 Å². The van der Waals surface area contributed by atoms with Gasteiger partial charge in [0.05, 0.1) is 5.69 Å². The Kier molecular flexibility index (Phi) is 5.24. The maximum Gasteiger partial charge on any atom is 0.0644 e. The molecule has 0 radical (unpaired) electrons. The lowest BCUT2D eigenvalue weighted by atomic mass is 10.1. The van der Waals surface area contributed by atoms with Crippen molar-refractivity contribution >= 4 is 0 Å². The fourth-order valence-corrected chi connectivity index (χ4v) is 2.19. The summed E-state index contributed by atoms with van der Waals surface area (Å²) in [6.07, 6.45) is 8.33. The molecule has 1 rings (SSSR count). The SMILES string of the molecule is C#CCCCCNC(C)c1c(C)nn(C)c1C. The number of hydrogen-bond donors (Lipinski definition) is 1. The minimum absolute atomic E-state index is 0.356. The highest BCUT2D eigenvalue weighted by Gasteiger charge is 2.15. The van der Waals surface area contributed by atoms with Crippen LogP contribution in [0.5, 0.6) is 0 Å². The number of rotatable bonds is 6. The zero-order valence-corrected chi connectivity index (χ0v) is 11.4. The summed E-state index contributed by atoms with van der Waals surface area (Å²) >= 11 is 0. The van der Waals surface area contributed by atoms with Crippen LogP contribution in [0.15, 0.2) is 0 Å². The topological polar surface area (TPSA) is 29.9 Å². The standard InChI is InChI=1S/C14H23N3/c1-6-7-8-9-10-15-11(2)14-12(3)16-17(5)13(14)4/h1,11,15H,7-10H2,2-5H3. The van der Waals surface area contributed by atoms with Crippen molar-refractivity contribution < 1.29 is 0 Å². The maximum absolute atomic E-state index is 5.22. The van der Waals surface area contributed by atoms with E-state index in [4.69, 9.17) is 6.42 Å². The molecule has 0 aliphatic heterocycles. The molecule has 0 bridgehead atoms. The molecule has 0 fully saturated rings. The average Bonchev–Trinajstić information content (AvgIpc) is 2.53. The van der Waals surface area contributed by atoms with Crippen LogP contribution in [0.3, 0.4) is 0 Å². The van der Waals surface area contributed by atoms with Crippen molar-refractivity contribution in [3.8, 4) is 12.3 Å².